The Morgan fingerprint density at radius 3 is 2.71 bits per heavy atom. The van der Waals surface area contributed by atoms with Gasteiger partial charge in [-0.05, 0) is 78.7 Å². The monoisotopic (exact) mass is 514 g/mol. The number of hydrogen-bond acceptors (Lipinski definition) is 6. The summed E-state index contributed by atoms with van der Waals surface area (Å²) in [6.45, 7) is 1.38. The van der Waals surface area contributed by atoms with Crippen LogP contribution in [-0.4, -0.2) is 33.5 Å². The van der Waals surface area contributed by atoms with E-state index < -0.39 is 10.0 Å². The molecule has 2 aromatic carbocycles. The third-order valence-corrected chi connectivity index (χ3v) is 8.78. The molecule has 0 unspecified atom stereocenters. The van der Waals surface area contributed by atoms with Crippen molar-refractivity contribution < 1.29 is 14.6 Å². The first-order valence-corrected chi connectivity index (χ1v) is 13.6. The Bertz CT molecular complexity index is 1400. The Labute approximate surface area is 208 Å². The van der Waals surface area contributed by atoms with Crippen LogP contribution in [0.1, 0.15) is 25.4 Å². The number of fused-ring (bicyclic) bond motifs is 1. The number of amides is 1. The lowest BCUT2D eigenvalue weighted by atomic mass is 9.99. The predicted octanol–water partition coefficient (Wildman–Crippen LogP) is 4.88. The van der Waals surface area contributed by atoms with Gasteiger partial charge in [-0.3, -0.25) is 9.52 Å². The number of carbonyl (C=O) groups is 1. The fourth-order valence-electron chi connectivity index (χ4n) is 4.59. The number of aryl methyl sites for hydroxylation is 1. The minimum absolute atomic E-state index is 0. The van der Waals surface area contributed by atoms with Gasteiger partial charge in [-0.2, -0.15) is 5.26 Å². The van der Waals surface area contributed by atoms with Gasteiger partial charge in [0.15, 0.2) is 0 Å². The maximum Gasteiger partial charge on any atom is 0.262 e. The van der Waals surface area contributed by atoms with Crippen molar-refractivity contribution in [2.75, 3.05) is 27.6 Å². The summed E-state index contributed by atoms with van der Waals surface area (Å²) in [5.41, 5.74) is 3.17. The van der Waals surface area contributed by atoms with Crippen LogP contribution in [0.25, 0.3) is 0 Å². The van der Waals surface area contributed by atoms with Gasteiger partial charge in [-0.15, -0.1) is 11.3 Å². The zero-order chi connectivity index (χ0) is 23.9. The third-order valence-electron chi connectivity index (χ3n) is 6.22. The van der Waals surface area contributed by atoms with Gasteiger partial charge >= 0.3 is 0 Å². The molecule has 1 aromatic heterocycles. The molecule has 1 amide bonds. The second-order valence-corrected chi connectivity index (χ2v) is 11.3. The molecule has 7 nitrogen and oxygen atoms in total. The van der Waals surface area contributed by atoms with Crippen LogP contribution < -0.4 is 14.5 Å². The third kappa shape index (κ3) is 4.13. The van der Waals surface area contributed by atoms with Gasteiger partial charge in [0.2, 0.25) is 5.91 Å². The molecular formula is C24H23ClN4O3S2. The molecule has 2 aliphatic heterocycles. The van der Waals surface area contributed by atoms with E-state index in [1.54, 1.807) is 28.5 Å². The van der Waals surface area contributed by atoms with E-state index in [0.29, 0.717) is 23.7 Å². The second kappa shape index (κ2) is 8.95. The van der Waals surface area contributed by atoms with Crippen LogP contribution in [0.3, 0.4) is 0 Å². The van der Waals surface area contributed by atoms with Crippen molar-refractivity contribution in [1.29, 1.82) is 5.26 Å². The average Bonchev–Trinajstić information content (AvgIpc) is 3.44. The molecule has 1 fully saturated rings. The first-order chi connectivity index (χ1) is 16.4. The molecule has 1 saturated heterocycles. The standard InChI is InChI=1S/C24H21ClN4O3S2.H2/c25-18-3-8-21-16(14-18)2-1-11-29(21)22-9-12-28(24(22)30)19-4-6-20(7-5-19)34(31,32)27-23-17(15-26)10-13-33-23;/h3-8,10,13-14,22,27H,1-2,9,11-12H2;1H/t22-;/m0./s1. The summed E-state index contributed by atoms with van der Waals surface area (Å²) in [7, 11) is -3.85. The van der Waals surface area contributed by atoms with E-state index in [9.17, 15) is 13.2 Å². The van der Waals surface area contributed by atoms with Crippen molar-refractivity contribution >= 4 is 55.2 Å². The lowest BCUT2D eigenvalue weighted by Crippen LogP contribution is -2.44. The zero-order valence-electron chi connectivity index (χ0n) is 18.1. The summed E-state index contributed by atoms with van der Waals surface area (Å²) < 4.78 is 28.0. The molecule has 10 heteroatoms. The summed E-state index contributed by atoms with van der Waals surface area (Å²) in [4.78, 5) is 17.3. The van der Waals surface area contributed by atoms with E-state index in [0.717, 1.165) is 42.0 Å². The highest BCUT2D eigenvalue weighted by Gasteiger charge is 2.38. The van der Waals surface area contributed by atoms with Crippen molar-refractivity contribution in [3.8, 4) is 6.07 Å². The smallest absolute Gasteiger partial charge is 0.262 e. The summed E-state index contributed by atoms with van der Waals surface area (Å²) in [5.74, 6) is 0.00813. The van der Waals surface area contributed by atoms with Gasteiger partial charge in [-0.1, -0.05) is 11.6 Å². The number of nitrogens with one attached hydrogen (secondary N) is 1. The number of nitrogens with zero attached hydrogens (tertiary/aromatic N) is 3. The van der Waals surface area contributed by atoms with Gasteiger partial charge in [0.25, 0.3) is 10.0 Å². The summed E-state index contributed by atoms with van der Waals surface area (Å²) in [5, 5.41) is 11.8. The molecule has 3 heterocycles. The van der Waals surface area contributed by atoms with Gasteiger partial charge in [0.05, 0.1) is 10.5 Å². The number of hydrogen-bond donors (Lipinski definition) is 1. The molecule has 3 aromatic rings. The number of carbonyl (C=O) groups excluding carboxylic acids is 1. The number of benzene rings is 2. The number of rotatable bonds is 5. The Morgan fingerprint density at radius 1 is 1.15 bits per heavy atom. The van der Waals surface area contributed by atoms with Gasteiger partial charge in [-0.25, -0.2) is 8.42 Å². The van der Waals surface area contributed by atoms with E-state index in [1.807, 2.05) is 24.3 Å². The SMILES string of the molecule is N#Cc1ccsc1NS(=O)(=O)c1ccc(N2CC[C@H](N3CCCc4cc(Cl)ccc43)C2=O)cc1.[HH]. The van der Waals surface area contributed by atoms with Crippen LogP contribution in [0.15, 0.2) is 58.8 Å². The Balaban J connectivity index is 0.00000289. The molecule has 0 spiro atoms. The van der Waals surface area contributed by atoms with Crippen LogP contribution in [0.4, 0.5) is 16.4 Å². The molecule has 1 N–H and O–H groups in total. The lowest BCUT2D eigenvalue weighted by molar-refractivity contribution is -0.118. The van der Waals surface area contributed by atoms with Gasteiger partial charge < -0.3 is 9.80 Å². The first kappa shape index (κ1) is 22.7. The zero-order valence-corrected chi connectivity index (χ0v) is 20.5. The Morgan fingerprint density at radius 2 is 1.94 bits per heavy atom. The molecular weight excluding hydrogens is 492 g/mol. The van der Waals surface area contributed by atoms with Crippen LogP contribution in [0, 0.1) is 11.3 Å². The van der Waals surface area contributed by atoms with E-state index in [2.05, 4.69) is 9.62 Å². The molecule has 176 valence electrons. The van der Waals surface area contributed by atoms with Crippen LogP contribution in [0.2, 0.25) is 5.02 Å². The van der Waals surface area contributed by atoms with Crippen LogP contribution >= 0.6 is 22.9 Å². The maximum atomic E-state index is 13.3. The Hall–Kier alpha value is -3.06. The highest BCUT2D eigenvalue weighted by molar-refractivity contribution is 7.93. The van der Waals surface area contributed by atoms with Crippen molar-refractivity contribution in [3.05, 3.63) is 70.1 Å². The maximum absolute atomic E-state index is 13.3. The summed E-state index contributed by atoms with van der Waals surface area (Å²) >= 11 is 7.31. The van der Waals surface area contributed by atoms with Crippen molar-refractivity contribution in [3.63, 3.8) is 0 Å². The molecule has 0 saturated carbocycles. The predicted molar refractivity (Wildman–Crippen MR) is 136 cm³/mol. The van der Waals surface area contributed by atoms with E-state index >= 15 is 0 Å². The van der Waals surface area contributed by atoms with Crippen LogP contribution in [-0.2, 0) is 21.2 Å². The molecule has 1 atom stereocenters. The van der Waals surface area contributed by atoms with Crippen LogP contribution in [0.5, 0.6) is 0 Å². The fraction of sp³-hybridized carbons (Fsp3) is 0.250. The minimum atomic E-state index is -3.85. The van der Waals surface area contributed by atoms with Crippen molar-refractivity contribution in [2.24, 2.45) is 0 Å². The highest BCUT2D eigenvalue weighted by atomic mass is 35.5. The largest absolute Gasteiger partial charge is 0.359 e. The van der Waals surface area contributed by atoms with E-state index in [-0.39, 0.29) is 28.8 Å². The molecule has 2 aliphatic rings. The number of anilines is 3. The molecule has 0 aliphatic carbocycles. The van der Waals surface area contributed by atoms with E-state index in [1.165, 1.54) is 12.1 Å². The molecule has 0 bridgehead atoms. The van der Waals surface area contributed by atoms with Gasteiger partial charge in [0.1, 0.15) is 17.1 Å². The number of sulfonamides is 1. The number of halogens is 1. The number of thiophene rings is 1. The van der Waals surface area contributed by atoms with Gasteiger partial charge in [0, 0.05) is 30.9 Å². The van der Waals surface area contributed by atoms with Crippen molar-refractivity contribution in [1.82, 2.24) is 0 Å². The summed E-state index contributed by atoms with van der Waals surface area (Å²) in [6.07, 6.45) is 2.61. The molecule has 34 heavy (non-hydrogen) atoms. The average molecular weight is 515 g/mol. The molecule has 5 rings (SSSR count). The quantitative estimate of drug-likeness (QED) is 0.524. The topological polar surface area (TPSA) is 93.5 Å². The fourth-order valence-corrected chi connectivity index (χ4v) is 6.85. The normalized spacial score (nSPS) is 18.0. The number of nitriles is 1. The molecule has 0 radical (unpaired) electrons. The van der Waals surface area contributed by atoms with Crippen molar-refractivity contribution in [2.45, 2.75) is 30.2 Å². The Kier molecular flexibility index (Phi) is 5.98. The minimum Gasteiger partial charge on any atom is -0.359 e. The first-order valence-electron chi connectivity index (χ1n) is 10.8. The second-order valence-electron chi connectivity index (χ2n) is 8.24. The summed E-state index contributed by atoms with van der Waals surface area (Å²) in [6, 6.07) is 15.4. The lowest BCUT2D eigenvalue weighted by Gasteiger charge is -2.35. The highest BCUT2D eigenvalue weighted by Crippen LogP contribution is 2.35. The van der Waals surface area contributed by atoms with E-state index in [4.69, 9.17) is 16.9 Å².